The van der Waals surface area contributed by atoms with Crippen LogP contribution in [0.1, 0.15) is 23.2 Å². The van der Waals surface area contributed by atoms with E-state index in [1.54, 1.807) is 48.5 Å². The highest BCUT2D eigenvalue weighted by atomic mass is 16.6. The Labute approximate surface area is 180 Å². The van der Waals surface area contributed by atoms with Gasteiger partial charge in [0, 0.05) is 36.3 Å². The van der Waals surface area contributed by atoms with Gasteiger partial charge in [0.25, 0.3) is 11.8 Å². The van der Waals surface area contributed by atoms with Crippen molar-refractivity contribution in [2.24, 2.45) is 0 Å². The molecule has 3 N–H and O–H groups in total. The summed E-state index contributed by atoms with van der Waals surface area (Å²) >= 11 is 0. The number of amides is 3. The molecule has 1 saturated heterocycles. The van der Waals surface area contributed by atoms with Crippen molar-refractivity contribution in [3.05, 3.63) is 54.1 Å². The molecule has 9 heteroatoms. The molecule has 1 atom stereocenters. The highest BCUT2D eigenvalue weighted by molar-refractivity contribution is 6.05. The number of ether oxygens (including phenoxy) is 3. The van der Waals surface area contributed by atoms with Crippen LogP contribution in [0.5, 0.6) is 0 Å². The topological polar surface area (TPSA) is 115 Å². The van der Waals surface area contributed by atoms with Crippen LogP contribution < -0.4 is 16.0 Å². The molecule has 0 saturated carbocycles. The third-order valence-corrected chi connectivity index (χ3v) is 4.50. The van der Waals surface area contributed by atoms with E-state index in [-0.39, 0.29) is 18.4 Å². The average molecular weight is 427 g/mol. The van der Waals surface area contributed by atoms with Gasteiger partial charge in [0.15, 0.2) is 0 Å². The van der Waals surface area contributed by atoms with E-state index in [0.29, 0.717) is 42.3 Å². The molecular weight excluding hydrogens is 402 g/mol. The van der Waals surface area contributed by atoms with E-state index in [4.69, 9.17) is 14.2 Å². The fourth-order valence-electron chi connectivity index (χ4n) is 2.99. The zero-order chi connectivity index (χ0) is 22.1. The predicted octanol–water partition coefficient (Wildman–Crippen LogP) is 3.25. The highest BCUT2D eigenvalue weighted by Crippen LogP contribution is 2.19. The molecule has 3 amide bonds. The van der Waals surface area contributed by atoms with Gasteiger partial charge in [-0.1, -0.05) is 12.1 Å². The van der Waals surface area contributed by atoms with Gasteiger partial charge in [-0.25, -0.2) is 4.79 Å². The van der Waals surface area contributed by atoms with Gasteiger partial charge in [-0.3, -0.25) is 14.9 Å². The molecule has 1 fully saturated rings. The molecule has 3 rings (SSSR count). The van der Waals surface area contributed by atoms with Crippen LogP contribution in [0.2, 0.25) is 0 Å². The normalized spacial score (nSPS) is 15.2. The number of hydrogen-bond donors (Lipinski definition) is 3. The number of hydrogen-bond acceptors (Lipinski definition) is 6. The van der Waals surface area contributed by atoms with E-state index >= 15 is 0 Å². The molecule has 1 aliphatic rings. The first kappa shape index (κ1) is 22.3. The lowest BCUT2D eigenvalue weighted by atomic mass is 10.1. The summed E-state index contributed by atoms with van der Waals surface area (Å²) in [6.07, 6.45) is 0.486. The Kier molecular flexibility index (Phi) is 7.97. The van der Waals surface area contributed by atoms with Crippen LogP contribution in [0.25, 0.3) is 0 Å². The molecular formula is C22H25N3O6. The Morgan fingerprint density at radius 3 is 2.39 bits per heavy atom. The quantitative estimate of drug-likeness (QED) is 0.557. The number of benzene rings is 2. The van der Waals surface area contributed by atoms with Crippen LogP contribution in [-0.2, 0) is 19.0 Å². The molecule has 1 aliphatic heterocycles. The number of methoxy groups -OCH3 is 1. The third kappa shape index (κ3) is 6.80. The first-order valence-electron chi connectivity index (χ1n) is 9.92. The van der Waals surface area contributed by atoms with E-state index < -0.39 is 12.2 Å². The lowest BCUT2D eigenvalue weighted by Gasteiger charge is -2.12. The van der Waals surface area contributed by atoms with E-state index in [1.807, 2.05) is 0 Å². The Morgan fingerprint density at radius 2 is 1.68 bits per heavy atom. The Balaban J connectivity index is 1.58. The van der Waals surface area contributed by atoms with Gasteiger partial charge in [0.1, 0.15) is 12.7 Å². The molecule has 9 nitrogen and oxygen atoms in total. The number of carbonyl (C=O) groups is 3. The summed E-state index contributed by atoms with van der Waals surface area (Å²) < 4.78 is 15.1. The van der Waals surface area contributed by atoms with Gasteiger partial charge >= 0.3 is 6.09 Å². The van der Waals surface area contributed by atoms with Crippen molar-refractivity contribution in [2.45, 2.75) is 18.9 Å². The zero-order valence-electron chi connectivity index (χ0n) is 17.2. The van der Waals surface area contributed by atoms with Crippen molar-refractivity contribution < 1.29 is 28.6 Å². The highest BCUT2D eigenvalue weighted by Gasteiger charge is 2.23. The summed E-state index contributed by atoms with van der Waals surface area (Å²) in [6.45, 7) is 1.02. The van der Waals surface area contributed by atoms with Crippen LogP contribution in [0, 0.1) is 0 Å². The molecule has 2 aromatic carbocycles. The fraction of sp³-hybridized carbons (Fsp3) is 0.318. The smallest absolute Gasteiger partial charge is 0.411 e. The zero-order valence-corrected chi connectivity index (χ0v) is 17.2. The van der Waals surface area contributed by atoms with E-state index in [1.165, 1.54) is 7.11 Å². The second-order valence-corrected chi connectivity index (χ2v) is 6.86. The largest absolute Gasteiger partial charge is 0.447 e. The SMILES string of the molecule is COCCOC(=O)Nc1cccc(NC(=O)c2cccc(NC(=O)C3CCCO3)c2)c1. The van der Waals surface area contributed by atoms with Crippen molar-refractivity contribution in [2.75, 3.05) is 42.9 Å². The summed E-state index contributed by atoms with van der Waals surface area (Å²) in [4.78, 5) is 36.6. The summed E-state index contributed by atoms with van der Waals surface area (Å²) in [5.74, 6) is -0.570. The van der Waals surface area contributed by atoms with Gasteiger partial charge < -0.3 is 24.8 Å². The van der Waals surface area contributed by atoms with Crippen molar-refractivity contribution >= 4 is 35.0 Å². The minimum Gasteiger partial charge on any atom is -0.447 e. The maximum atomic E-state index is 12.6. The molecule has 0 radical (unpaired) electrons. The fourth-order valence-corrected chi connectivity index (χ4v) is 2.99. The van der Waals surface area contributed by atoms with Crippen LogP contribution >= 0.6 is 0 Å². The summed E-state index contributed by atoms with van der Waals surface area (Å²) in [7, 11) is 1.51. The molecule has 0 bridgehead atoms. The minimum absolute atomic E-state index is 0.137. The molecule has 31 heavy (non-hydrogen) atoms. The predicted molar refractivity (Wildman–Crippen MR) is 115 cm³/mol. The first-order valence-corrected chi connectivity index (χ1v) is 9.92. The van der Waals surface area contributed by atoms with Gasteiger partial charge in [0.05, 0.1) is 6.61 Å². The van der Waals surface area contributed by atoms with Crippen LogP contribution in [0.3, 0.4) is 0 Å². The monoisotopic (exact) mass is 427 g/mol. The Bertz CT molecular complexity index is 927. The third-order valence-electron chi connectivity index (χ3n) is 4.50. The lowest BCUT2D eigenvalue weighted by Crippen LogP contribution is -2.27. The van der Waals surface area contributed by atoms with Crippen LogP contribution in [0.15, 0.2) is 48.5 Å². The number of anilines is 3. The Morgan fingerprint density at radius 1 is 0.968 bits per heavy atom. The van der Waals surface area contributed by atoms with Crippen LogP contribution in [-0.4, -0.2) is 50.9 Å². The summed E-state index contributed by atoms with van der Waals surface area (Å²) in [5.41, 5.74) is 1.86. The number of carbonyl (C=O) groups excluding carboxylic acids is 3. The van der Waals surface area contributed by atoms with Gasteiger partial charge in [0.2, 0.25) is 0 Å². The van der Waals surface area contributed by atoms with Crippen molar-refractivity contribution in [1.82, 2.24) is 0 Å². The van der Waals surface area contributed by atoms with Gasteiger partial charge in [-0.05, 0) is 49.2 Å². The van der Waals surface area contributed by atoms with E-state index in [0.717, 1.165) is 6.42 Å². The standard InChI is InChI=1S/C22H25N3O6/c1-29-11-12-31-22(28)25-18-8-3-7-17(14-18)23-20(26)15-5-2-6-16(13-15)24-21(27)19-9-4-10-30-19/h2-3,5-8,13-14,19H,4,9-12H2,1H3,(H,23,26)(H,24,27)(H,25,28). The van der Waals surface area contributed by atoms with E-state index in [9.17, 15) is 14.4 Å². The maximum Gasteiger partial charge on any atom is 0.411 e. The molecule has 0 aliphatic carbocycles. The van der Waals surface area contributed by atoms with Gasteiger partial charge in [-0.2, -0.15) is 0 Å². The Hall–Kier alpha value is -3.43. The number of rotatable bonds is 8. The first-order chi connectivity index (χ1) is 15.0. The molecule has 1 unspecified atom stereocenters. The van der Waals surface area contributed by atoms with Gasteiger partial charge in [-0.15, -0.1) is 0 Å². The second-order valence-electron chi connectivity index (χ2n) is 6.86. The van der Waals surface area contributed by atoms with Crippen molar-refractivity contribution in [3.63, 3.8) is 0 Å². The maximum absolute atomic E-state index is 12.6. The summed E-state index contributed by atoms with van der Waals surface area (Å²) in [6, 6.07) is 13.3. The lowest BCUT2D eigenvalue weighted by molar-refractivity contribution is -0.124. The molecule has 0 spiro atoms. The van der Waals surface area contributed by atoms with Crippen LogP contribution in [0.4, 0.5) is 21.9 Å². The number of nitrogens with one attached hydrogen (secondary N) is 3. The van der Waals surface area contributed by atoms with E-state index in [2.05, 4.69) is 16.0 Å². The molecule has 1 heterocycles. The van der Waals surface area contributed by atoms with Crippen molar-refractivity contribution in [3.8, 4) is 0 Å². The molecule has 0 aromatic heterocycles. The second kappa shape index (κ2) is 11.1. The average Bonchev–Trinajstić information content (AvgIpc) is 3.29. The molecule has 164 valence electrons. The minimum atomic E-state index is -0.616. The molecule has 2 aromatic rings. The van der Waals surface area contributed by atoms with Crippen molar-refractivity contribution in [1.29, 1.82) is 0 Å². The summed E-state index contributed by atoms with van der Waals surface area (Å²) in [5, 5.41) is 8.14.